The molecule has 1 amide bonds. The quantitative estimate of drug-likeness (QED) is 0.736. The Morgan fingerprint density at radius 1 is 1.11 bits per heavy atom. The number of amides is 1. The molecule has 0 heterocycles. The lowest BCUT2D eigenvalue weighted by Crippen LogP contribution is -2.17. The number of hydrogen-bond donors (Lipinski definition) is 1. The van der Waals surface area contributed by atoms with Crippen LogP contribution >= 0.6 is 0 Å². The van der Waals surface area contributed by atoms with E-state index in [0.717, 1.165) is 5.56 Å². The number of hydrogen-bond acceptors (Lipinski definition) is 5. The van der Waals surface area contributed by atoms with Gasteiger partial charge in [-0.15, -0.1) is 0 Å². The van der Waals surface area contributed by atoms with Gasteiger partial charge in [-0.25, -0.2) is 8.42 Å². The molecule has 6 nitrogen and oxygen atoms in total. The van der Waals surface area contributed by atoms with E-state index in [4.69, 9.17) is 4.74 Å². The van der Waals surface area contributed by atoms with Crippen molar-refractivity contribution in [1.29, 1.82) is 0 Å². The molecule has 0 bridgehead atoms. The van der Waals surface area contributed by atoms with E-state index in [1.165, 1.54) is 37.4 Å². The number of anilines is 1. The molecule has 27 heavy (non-hydrogen) atoms. The fraction of sp³-hybridized carbons (Fsp3) is 0.278. The van der Waals surface area contributed by atoms with Gasteiger partial charge in [0.05, 0.1) is 17.8 Å². The molecule has 2 aromatic rings. The van der Waals surface area contributed by atoms with Gasteiger partial charge in [0.25, 0.3) is 0 Å². The number of sulfone groups is 1. The normalized spacial score (nSPS) is 11.3. The summed E-state index contributed by atoms with van der Waals surface area (Å²) in [5, 5.41) is 2.46. The summed E-state index contributed by atoms with van der Waals surface area (Å²) in [6.07, 6.45) is -0.284. The van der Waals surface area contributed by atoms with Crippen molar-refractivity contribution in [3.05, 3.63) is 48.0 Å². The van der Waals surface area contributed by atoms with Crippen LogP contribution in [0.4, 0.5) is 14.5 Å². The summed E-state index contributed by atoms with van der Waals surface area (Å²) in [5.74, 6) is -1.11. The fourth-order valence-electron chi connectivity index (χ4n) is 2.26. The van der Waals surface area contributed by atoms with Crippen LogP contribution in [0.3, 0.4) is 0 Å². The summed E-state index contributed by atoms with van der Waals surface area (Å²) in [5.41, 5.74) is 1.11. The predicted molar refractivity (Wildman–Crippen MR) is 96.1 cm³/mol. The van der Waals surface area contributed by atoms with Crippen LogP contribution in [0.1, 0.15) is 12.0 Å². The number of methoxy groups -OCH3 is 1. The van der Waals surface area contributed by atoms with Gasteiger partial charge in [0.1, 0.15) is 0 Å². The Kier molecular flexibility index (Phi) is 6.73. The molecule has 0 fully saturated rings. The van der Waals surface area contributed by atoms with Crippen molar-refractivity contribution >= 4 is 21.4 Å². The van der Waals surface area contributed by atoms with Crippen molar-refractivity contribution in [3.63, 3.8) is 0 Å². The van der Waals surface area contributed by atoms with Gasteiger partial charge in [-0.2, -0.15) is 8.78 Å². The highest BCUT2D eigenvalue weighted by Gasteiger charge is 2.17. The Labute approximate surface area is 156 Å². The van der Waals surface area contributed by atoms with Crippen LogP contribution < -0.4 is 14.8 Å². The number of alkyl halides is 2. The summed E-state index contributed by atoms with van der Waals surface area (Å²) in [6.45, 7) is -1.21. The minimum atomic E-state index is -3.60. The Hall–Kier alpha value is -2.68. The Balaban J connectivity index is 2.02. The second kappa shape index (κ2) is 8.81. The Morgan fingerprint density at radius 3 is 2.37 bits per heavy atom. The first kappa shape index (κ1) is 20.6. The van der Waals surface area contributed by atoms with Gasteiger partial charge in [0, 0.05) is 18.2 Å². The van der Waals surface area contributed by atoms with Gasteiger partial charge in [-0.1, -0.05) is 17.7 Å². The van der Waals surface area contributed by atoms with Gasteiger partial charge >= 0.3 is 6.61 Å². The molecule has 2 aromatic carbocycles. The van der Waals surface area contributed by atoms with Crippen LogP contribution in [0.25, 0.3) is 0 Å². The molecule has 0 aliphatic heterocycles. The third kappa shape index (κ3) is 5.92. The molecule has 0 atom stereocenters. The molecule has 0 saturated heterocycles. The first-order valence-corrected chi connectivity index (χ1v) is 9.58. The van der Waals surface area contributed by atoms with Gasteiger partial charge in [-0.3, -0.25) is 4.79 Å². The van der Waals surface area contributed by atoms with Crippen LogP contribution in [-0.2, 0) is 14.6 Å². The van der Waals surface area contributed by atoms with Gasteiger partial charge < -0.3 is 14.8 Å². The summed E-state index contributed by atoms with van der Waals surface area (Å²) in [6, 6.07) is 10.3. The number of aryl methyl sites for hydroxylation is 1. The number of carbonyl (C=O) groups is 1. The fourth-order valence-corrected chi connectivity index (χ4v) is 3.50. The number of ether oxygens (including phenoxy) is 2. The topological polar surface area (TPSA) is 81.7 Å². The molecule has 0 radical (unpaired) electrons. The standard InChI is InChI=1S/C18H19F2NO5S/c1-12-3-6-14(7-4-12)27(23,24)10-9-17(22)21-13-5-8-15(25-2)16(11-13)26-18(19)20/h3-8,11,18H,9-10H2,1-2H3,(H,21,22). The molecule has 0 aliphatic carbocycles. The second-order valence-corrected chi connectivity index (χ2v) is 7.78. The van der Waals surface area contributed by atoms with Crippen LogP contribution in [0.5, 0.6) is 11.5 Å². The average molecular weight is 399 g/mol. The lowest BCUT2D eigenvalue weighted by Gasteiger charge is -2.12. The predicted octanol–water partition coefficient (Wildman–Crippen LogP) is 3.41. The number of benzene rings is 2. The maximum Gasteiger partial charge on any atom is 0.387 e. The molecule has 0 unspecified atom stereocenters. The minimum absolute atomic E-state index is 0.0789. The molecule has 146 valence electrons. The first-order valence-electron chi connectivity index (χ1n) is 7.93. The highest BCUT2D eigenvalue weighted by Crippen LogP contribution is 2.31. The molecule has 0 aliphatic rings. The lowest BCUT2D eigenvalue weighted by molar-refractivity contribution is -0.115. The van der Waals surface area contributed by atoms with Crippen molar-refractivity contribution in [2.45, 2.75) is 24.9 Å². The lowest BCUT2D eigenvalue weighted by atomic mass is 10.2. The number of rotatable bonds is 8. The van der Waals surface area contributed by atoms with E-state index in [9.17, 15) is 22.0 Å². The average Bonchev–Trinajstić information content (AvgIpc) is 2.60. The molecule has 0 aromatic heterocycles. The summed E-state index contributed by atoms with van der Waals surface area (Å²) >= 11 is 0. The molecule has 0 saturated carbocycles. The van der Waals surface area contributed by atoms with E-state index >= 15 is 0 Å². The molecular weight excluding hydrogens is 380 g/mol. The monoisotopic (exact) mass is 399 g/mol. The Morgan fingerprint density at radius 2 is 1.78 bits per heavy atom. The van der Waals surface area contributed by atoms with E-state index in [2.05, 4.69) is 10.1 Å². The van der Waals surface area contributed by atoms with E-state index in [1.54, 1.807) is 12.1 Å². The minimum Gasteiger partial charge on any atom is -0.493 e. The van der Waals surface area contributed by atoms with Crippen LogP contribution in [-0.4, -0.2) is 33.8 Å². The number of halogens is 2. The number of carbonyl (C=O) groups excluding carboxylic acids is 1. The van der Waals surface area contributed by atoms with Crippen molar-refractivity contribution < 1.29 is 31.5 Å². The van der Waals surface area contributed by atoms with E-state index < -0.39 is 22.4 Å². The summed E-state index contributed by atoms with van der Waals surface area (Å²) in [7, 11) is -2.31. The first-order chi connectivity index (χ1) is 12.7. The SMILES string of the molecule is COc1ccc(NC(=O)CCS(=O)(=O)c2ccc(C)cc2)cc1OC(F)F. The smallest absolute Gasteiger partial charge is 0.387 e. The molecule has 9 heteroatoms. The van der Waals surface area contributed by atoms with Crippen LogP contribution in [0, 0.1) is 6.92 Å². The maximum absolute atomic E-state index is 12.4. The van der Waals surface area contributed by atoms with Crippen molar-refractivity contribution in [2.24, 2.45) is 0 Å². The zero-order chi connectivity index (χ0) is 20.0. The highest BCUT2D eigenvalue weighted by atomic mass is 32.2. The van der Waals surface area contributed by atoms with Gasteiger partial charge in [0.2, 0.25) is 5.91 Å². The van der Waals surface area contributed by atoms with Crippen LogP contribution in [0.2, 0.25) is 0 Å². The summed E-state index contributed by atoms with van der Waals surface area (Å²) in [4.78, 5) is 12.2. The zero-order valence-corrected chi connectivity index (χ0v) is 15.6. The molecular formula is C18H19F2NO5S. The van der Waals surface area contributed by atoms with E-state index in [1.807, 2.05) is 6.92 Å². The van der Waals surface area contributed by atoms with Crippen molar-refractivity contribution in [1.82, 2.24) is 0 Å². The van der Waals surface area contributed by atoms with Crippen molar-refractivity contribution in [2.75, 3.05) is 18.2 Å². The Bertz CT molecular complexity index is 898. The highest BCUT2D eigenvalue weighted by molar-refractivity contribution is 7.91. The largest absolute Gasteiger partial charge is 0.493 e. The summed E-state index contributed by atoms with van der Waals surface area (Å²) < 4.78 is 58.6. The molecule has 0 spiro atoms. The van der Waals surface area contributed by atoms with E-state index in [0.29, 0.717) is 0 Å². The van der Waals surface area contributed by atoms with Crippen molar-refractivity contribution in [3.8, 4) is 11.5 Å². The van der Waals surface area contributed by atoms with Gasteiger partial charge in [0.15, 0.2) is 21.3 Å². The molecule has 1 N–H and O–H groups in total. The number of nitrogens with one attached hydrogen (secondary N) is 1. The maximum atomic E-state index is 12.4. The zero-order valence-electron chi connectivity index (χ0n) is 14.7. The van der Waals surface area contributed by atoms with E-state index in [-0.39, 0.29) is 34.3 Å². The van der Waals surface area contributed by atoms with Crippen LogP contribution in [0.15, 0.2) is 47.4 Å². The molecule has 2 rings (SSSR count). The second-order valence-electron chi connectivity index (χ2n) is 5.67. The third-order valence-corrected chi connectivity index (χ3v) is 5.37. The van der Waals surface area contributed by atoms with Gasteiger partial charge in [-0.05, 0) is 31.2 Å². The third-order valence-electron chi connectivity index (χ3n) is 3.64.